The summed E-state index contributed by atoms with van der Waals surface area (Å²) in [6.45, 7) is 0.522. The van der Waals surface area contributed by atoms with Crippen molar-refractivity contribution in [2.24, 2.45) is 11.3 Å². The topological polar surface area (TPSA) is 61.4 Å². The summed E-state index contributed by atoms with van der Waals surface area (Å²) in [6.07, 6.45) is 5.77. The lowest BCUT2D eigenvalue weighted by Gasteiger charge is -2.38. The van der Waals surface area contributed by atoms with E-state index in [-0.39, 0.29) is 28.5 Å². The Labute approximate surface area is 191 Å². The summed E-state index contributed by atoms with van der Waals surface area (Å²) in [4.78, 5) is 12.1. The highest BCUT2D eigenvalue weighted by Crippen LogP contribution is 2.63. The molecule has 4 nitrogen and oxygen atoms in total. The van der Waals surface area contributed by atoms with Gasteiger partial charge >= 0.3 is 0 Å². The zero-order valence-electron chi connectivity index (χ0n) is 18.0. The summed E-state index contributed by atoms with van der Waals surface area (Å²) in [7, 11) is 0. The van der Waals surface area contributed by atoms with Crippen LogP contribution in [0.1, 0.15) is 75.8 Å². The fraction of sp³-hybridized carbons (Fsp3) is 0.708. The Kier molecular flexibility index (Phi) is 5.54. The Morgan fingerprint density at radius 3 is 2.50 bits per heavy atom. The molecule has 0 spiro atoms. The highest BCUT2D eigenvalue weighted by Gasteiger charge is 2.59. The first kappa shape index (κ1) is 22.5. The Morgan fingerprint density at radius 1 is 1.16 bits per heavy atom. The summed E-state index contributed by atoms with van der Waals surface area (Å²) in [6, 6.07) is 1.74. The Balaban J connectivity index is 1.31. The highest BCUT2D eigenvalue weighted by molar-refractivity contribution is 6.30. The van der Waals surface area contributed by atoms with Gasteiger partial charge in [-0.2, -0.15) is 0 Å². The Morgan fingerprint density at radius 2 is 1.88 bits per heavy atom. The van der Waals surface area contributed by atoms with E-state index in [1.165, 1.54) is 12.1 Å². The second-order valence-electron chi connectivity index (χ2n) is 10.7. The first-order valence-corrected chi connectivity index (χ1v) is 12.1. The van der Waals surface area contributed by atoms with E-state index in [9.17, 15) is 18.7 Å². The van der Waals surface area contributed by atoms with Gasteiger partial charge in [0.1, 0.15) is 22.9 Å². The molecule has 176 valence electrons. The molecule has 5 rings (SSSR count). The number of halogens is 4. The normalized spacial score (nSPS) is 35.8. The molecule has 1 amide bonds. The second kappa shape index (κ2) is 7.88. The number of alkyl halides is 1. The minimum Gasteiger partial charge on any atom is -0.380 e. The fourth-order valence-corrected chi connectivity index (χ4v) is 6.51. The summed E-state index contributed by atoms with van der Waals surface area (Å²) in [5, 5.41) is 16.2. The van der Waals surface area contributed by atoms with Crippen molar-refractivity contribution in [3.63, 3.8) is 0 Å². The van der Waals surface area contributed by atoms with Crippen LogP contribution in [0.15, 0.2) is 12.1 Å². The predicted octanol–water partition coefficient (Wildman–Crippen LogP) is 4.73. The predicted molar refractivity (Wildman–Crippen MR) is 115 cm³/mol. The van der Waals surface area contributed by atoms with E-state index < -0.39 is 34.4 Å². The van der Waals surface area contributed by atoms with Gasteiger partial charge in [0, 0.05) is 17.6 Å². The molecule has 32 heavy (non-hydrogen) atoms. The zero-order chi connectivity index (χ0) is 22.7. The monoisotopic (exact) mass is 470 g/mol. The maximum atomic E-state index is 15.0. The molecule has 1 aromatic carbocycles. The van der Waals surface area contributed by atoms with Gasteiger partial charge in [0.05, 0.1) is 5.02 Å². The summed E-state index contributed by atoms with van der Waals surface area (Å²) in [5.41, 5.74) is -3.03. The van der Waals surface area contributed by atoms with E-state index in [1.807, 2.05) is 0 Å². The standard InChI is InChI=1S/C24H30ClF3N2O2/c25-16-3-4-17(26)18(19(16)27)20(22-5-7-23(28,13-22)8-6-22)29-12-14-1-2-15(11-14)30-21(31)24(32)9-10-24/h3-4,14-15,20,29,32H,1-2,5-13H2,(H,30,31)/t14-,15-,20-,22?,23?/m1/s1. The molecule has 2 bridgehead atoms. The molecule has 0 aromatic heterocycles. The first-order valence-electron chi connectivity index (χ1n) is 11.7. The van der Waals surface area contributed by atoms with Crippen LogP contribution >= 0.6 is 11.6 Å². The van der Waals surface area contributed by atoms with Crippen LogP contribution in [-0.4, -0.2) is 34.9 Å². The van der Waals surface area contributed by atoms with Gasteiger partial charge in [0.2, 0.25) is 0 Å². The molecule has 0 saturated heterocycles. The molecule has 4 saturated carbocycles. The molecule has 0 heterocycles. The smallest absolute Gasteiger partial charge is 0.252 e. The van der Waals surface area contributed by atoms with Crippen molar-refractivity contribution in [2.45, 2.75) is 87.6 Å². The summed E-state index contributed by atoms with van der Waals surface area (Å²) in [5.74, 6) is -1.50. The van der Waals surface area contributed by atoms with Crippen LogP contribution in [0.25, 0.3) is 0 Å². The van der Waals surface area contributed by atoms with Gasteiger partial charge in [-0.25, -0.2) is 13.2 Å². The molecule has 4 aliphatic carbocycles. The van der Waals surface area contributed by atoms with Crippen LogP contribution in [0.5, 0.6) is 0 Å². The number of hydrogen-bond donors (Lipinski definition) is 3. The number of aliphatic hydroxyl groups is 1. The second-order valence-corrected chi connectivity index (χ2v) is 11.1. The van der Waals surface area contributed by atoms with Crippen molar-refractivity contribution in [2.75, 3.05) is 6.54 Å². The van der Waals surface area contributed by atoms with Gasteiger partial charge in [-0.05, 0) is 94.2 Å². The average molecular weight is 471 g/mol. The quantitative estimate of drug-likeness (QED) is 0.505. The Bertz CT molecular complexity index is 915. The Hall–Kier alpha value is -1.31. The van der Waals surface area contributed by atoms with E-state index in [1.54, 1.807) is 0 Å². The van der Waals surface area contributed by atoms with E-state index in [2.05, 4.69) is 10.6 Å². The van der Waals surface area contributed by atoms with Gasteiger partial charge in [-0.15, -0.1) is 0 Å². The first-order chi connectivity index (χ1) is 15.1. The van der Waals surface area contributed by atoms with E-state index in [4.69, 9.17) is 11.6 Å². The van der Waals surface area contributed by atoms with E-state index in [0.717, 1.165) is 19.3 Å². The number of benzene rings is 1. The summed E-state index contributed by atoms with van der Waals surface area (Å²) >= 11 is 6.00. The van der Waals surface area contributed by atoms with Crippen LogP contribution in [0.2, 0.25) is 5.02 Å². The van der Waals surface area contributed by atoms with Crippen molar-refractivity contribution in [3.05, 3.63) is 34.4 Å². The number of carbonyl (C=O) groups excluding carboxylic acids is 1. The van der Waals surface area contributed by atoms with Gasteiger partial charge in [-0.1, -0.05) is 11.6 Å². The number of amides is 1. The molecular formula is C24H30ClF3N2O2. The van der Waals surface area contributed by atoms with Crippen LogP contribution in [0, 0.1) is 23.0 Å². The lowest BCUT2D eigenvalue weighted by atomic mass is 9.74. The van der Waals surface area contributed by atoms with Crippen LogP contribution in [0.4, 0.5) is 13.2 Å². The van der Waals surface area contributed by atoms with Gasteiger partial charge in [0.25, 0.3) is 5.91 Å². The average Bonchev–Trinajstić information content (AvgIpc) is 3.09. The molecule has 0 unspecified atom stereocenters. The van der Waals surface area contributed by atoms with Crippen molar-refractivity contribution in [1.82, 2.24) is 10.6 Å². The molecule has 0 aliphatic heterocycles. The molecule has 4 aliphatic rings. The number of nitrogens with one attached hydrogen (secondary N) is 2. The van der Waals surface area contributed by atoms with Crippen LogP contribution in [-0.2, 0) is 4.79 Å². The molecular weight excluding hydrogens is 441 g/mol. The van der Waals surface area contributed by atoms with Gasteiger partial charge in [0.15, 0.2) is 0 Å². The van der Waals surface area contributed by atoms with E-state index >= 15 is 4.39 Å². The van der Waals surface area contributed by atoms with Crippen LogP contribution in [0.3, 0.4) is 0 Å². The van der Waals surface area contributed by atoms with Crippen molar-refractivity contribution in [1.29, 1.82) is 0 Å². The third kappa shape index (κ3) is 3.94. The maximum absolute atomic E-state index is 15.0. The highest BCUT2D eigenvalue weighted by atomic mass is 35.5. The molecule has 4 fully saturated rings. The minimum atomic E-state index is -1.24. The maximum Gasteiger partial charge on any atom is 0.252 e. The number of fused-ring (bicyclic) bond motifs is 2. The minimum absolute atomic E-state index is 0.00775. The molecule has 8 heteroatoms. The van der Waals surface area contributed by atoms with Crippen molar-refractivity contribution < 1.29 is 23.1 Å². The largest absolute Gasteiger partial charge is 0.380 e. The van der Waals surface area contributed by atoms with Crippen molar-refractivity contribution >= 4 is 17.5 Å². The van der Waals surface area contributed by atoms with Crippen LogP contribution < -0.4 is 10.6 Å². The SMILES string of the molecule is O=C(N[C@@H]1CC[C@@H](CN[C@H](c2c(F)ccc(Cl)c2F)C23CCC(F)(CC2)C3)C1)C1(O)CC1. The summed E-state index contributed by atoms with van der Waals surface area (Å²) < 4.78 is 44.9. The number of hydrogen-bond acceptors (Lipinski definition) is 3. The molecule has 3 N–H and O–H groups in total. The molecule has 3 atom stereocenters. The fourth-order valence-electron chi connectivity index (χ4n) is 6.34. The number of rotatable bonds is 7. The van der Waals surface area contributed by atoms with E-state index in [0.29, 0.717) is 51.5 Å². The van der Waals surface area contributed by atoms with Gasteiger partial charge < -0.3 is 15.7 Å². The van der Waals surface area contributed by atoms with Gasteiger partial charge in [-0.3, -0.25) is 4.79 Å². The van der Waals surface area contributed by atoms with Crippen molar-refractivity contribution in [3.8, 4) is 0 Å². The lowest BCUT2D eigenvalue weighted by molar-refractivity contribution is -0.132. The molecule has 1 aromatic rings. The lowest BCUT2D eigenvalue weighted by Crippen LogP contribution is -2.42. The third-order valence-electron chi connectivity index (χ3n) is 8.42. The zero-order valence-corrected chi connectivity index (χ0v) is 18.8. The molecule has 0 radical (unpaired) electrons. The number of carbonyl (C=O) groups is 1. The third-order valence-corrected chi connectivity index (χ3v) is 8.72.